The van der Waals surface area contributed by atoms with Crippen molar-refractivity contribution in [2.45, 2.75) is 75.7 Å². The van der Waals surface area contributed by atoms with Crippen molar-refractivity contribution in [2.24, 2.45) is 0 Å². The van der Waals surface area contributed by atoms with E-state index in [-0.39, 0.29) is 42.1 Å². The fraction of sp³-hybridized carbons (Fsp3) is 0.706. The Bertz CT molecular complexity index is 451. The molecule has 0 aliphatic carbocycles. The van der Waals surface area contributed by atoms with Crippen LogP contribution in [-0.2, 0) is 23.9 Å². The molecule has 0 radical (unpaired) electrons. The van der Waals surface area contributed by atoms with Gasteiger partial charge in [-0.3, -0.25) is 14.4 Å². The summed E-state index contributed by atoms with van der Waals surface area (Å²) in [5.41, 5.74) is 0. The number of amides is 2. The first-order chi connectivity index (χ1) is 11.5. The average molecular weight is 336 g/mol. The molecule has 4 saturated heterocycles. The zero-order valence-electron chi connectivity index (χ0n) is 13.7. The number of rotatable bonds is 2. The molecular weight excluding hydrogens is 312 g/mol. The Morgan fingerprint density at radius 3 is 1.67 bits per heavy atom. The molecule has 4 aliphatic heterocycles. The summed E-state index contributed by atoms with van der Waals surface area (Å²) >= 11 is 0. The molecule has 24 heavy (non-hydrogen) atoms. The number of carbonyl (C=O) groups is 3. The van der Waals surface area contributed by atoms with E-state index >= 15 is 0 Å². The molecule has 0 aromatic heterocycles. The van der Waals surface area contributed by atoms with Crippen molar-refractivity contribution in [3.05, 3.63) is 12.3 Å². The van der Waals surface area contributed by atoms with E-state index in [1.807, 2.05) is 0 Å². The molecule has 0 bridgehead atoms. The first-order valence-electron chi connectivity index (χ1n) is 8.64. The molecule has 132 valence electrons. The third kappa shape index (κ3) is 4.07. The first kappa shape index (κ1) is 16.8. The van der Waals surface area contributed by atoms with Crippen LogP contribution in [0.25, 0.3) is 0 Å². The number of hydrogen-bond acceptors (Lipinski definition) is 5. The Labute approximate surface area is 141 Å². The average Bonchev–Trinajstić information content (AvgIpc) is 3.29. The molecule has 2 amide bonds. The predicted octanol–water partition coefficient (Wildman–Crippen LogP) is 0.928. The van der Waals surface area contributed by atoms with Gasteiger partial charge in [0.2, 0.25) is 11.8 Å². The molecule has 2 N–H and O–H groups in total. The van der Waals surface area contributed by atoms with Crippen molar-refractivity contribution in [1.82, 2.24) is 10.6 Å². The van der Waals surface area contributed by atoms with Gasteiger partial charge in [-0.25, -0.2) is 0 Å². The molecule has 2 unspecified atom stereocenters. The highest BCUT2D eigenvalue weighted by Gasteiger charge is 2.35. The minimum absolute atomic E-state index is 0.0658. The van der Waals surface area contributed by atoms with E-state index in [4.69, 9.17) is 9.47 Å². The Morgan fingerprint density at radius 2 is 1.29 bits per heavy atom. The molecule has 4 aliphatic rings. The van der Waals surface area contributed by atoms with Gasteiger partial charge in [-0.2, -0.15) is 0 Å². The fourth-order valence-corrected chi connectivity index (χ4v) is 3.58. The van der Waals surface area contributed by atoms with E-state index in [0.29, 0.717) is 19.3 Å². The molecule has 0 aromatic carbocycles. The lowest BCUT2D eigenvalue weighted by Gasteiger charge is -2.17. The fourth-order valence-electron chi connectivity index (χ4n) is 3.58. The van der Waals surface area contributed by atoms with Gasteiger partial charge in [0.1, 0.15) is 12.2 Å². The van der Waals surface area contributed by atoms with E-state index in [1.165, 1.54) is 0 Å². The van der Waals surface area contributed by atoms with Crippen LogP contribution in [0.1, 0.15) is 51.4 Å². The summed E-state index contributed by atoms with van der Waals surface area (Å²) in [4.78, 5) is 32.5. The number of cyclic esters (lactones) is 1. The van der Waals surface area contributed by atoms with E-state index < -0.39 is 0 Å². The maximum Gasteiger partial charge on any atom is 0.306 e. The molecule has 4 atom stereocenters. The van der Waals surface area contributed by atoms with Crippen molar-refractivity contribution in [1.29, 1.82) is 0 Å². The van der Waals surface area contributed by atoms with Crippen LogP contribution < -0.4 is 10.6 Å². The summed E-state index contributed by atoms with van der Waals surface area (Å²) in [6.45, 7) is 3.76. The van der Waals surface area contributed by atoms with Crippen LogP contribution in [0.15, 0.2) is 12.3 Å². The third-order valence-corrected chi connectivity index (χ3v) is 4.90. The molecule has 7 heteroatoms. The zero-order chi connectivity index (χ0) is 17.1. The predicted molar refractivity (Wildman–Crippen MR) is 84.7 cm³/mol. The monoisotopic (exact) mass is 336 g/mol. The number of allylic oxidation sites excluding steroid dienone is 1. The van der Waals surface area contributed by atoms with E-state index in [9.17, 15) is 14.4 Å². The van der Waals surface area contributed by atoms with Crippen LogP contribution in [0.2, 0.25) is 0 Å². The highest BCUT2D eigenvalue weighted by atomic mass is 16.6. The molecule has 0 aromatic rings. The summed E-state index contributed by atoms with van der Waals surface area (Å²) in [6.07, 6.45) is 6.25. The van der Waals surface area contributed by atoms with Gasteiger partial charge in [-0.05, 0) is 25.7 Å². The first-order valence-corrected chi connectivity index (χ1v) is 8.64. The Morgan fingerprint density at radius 1 is 0.750 bits per heavy atom. The largest absolute Gasteiger partial charge is 0.493 e. The normalized spacial score (nSPS) is 35.0. The van der Waals surface area contributed by atoms with Crippen LogP contribution in [0, 0.1) is 0 Å². The maximum absolute atomic E-state index is 10.9. The zero-order valence-corrected chi connectivity index (χ0v) is 13.7. The number of esters is 1. The third-order valence-electron chi connectivity index (χ3n) is 4.90. The number of hydrogen-bond donors (Lipinski definition) is 2. The van der Waals surface area contributed by atoms with Crippen LogP contribution in [0.3, 0.4) is 0 Å². The smallest absolute Gasteiger partial charge is 0.306 e. The van der Waals surface area contributed by atoms with Gasteiger partial charge in [0.05, 0.1) is 17.8 Å². The molecule has 4 heterocycles. The summed E-state index contributed by atoms with van der Waals surface area (Å²) in [5, 5.41) is 5.71. The molecule has 7 nitrogen and oxygen atoms in total. The molecule has 0 saturated carbocycles. The number of ether oxygens (including phenoxy) is 2. The van der Waals surface area contributed by atoms with Gasteiger partial charge in [0.25, 0.3) is 0 Å². The van der Waals surface area contributed by atoms with Gasteiger partial charge >= 0.3 is 5.97 Å². The molecule has 4 fully saturated rings. The second kappa shape index (κ2) is 7.23. The maximum atomic E-state index is 10.9. The van der Waals surface area contributed by atoms with E-state index in [0.717, 1.165) is 37.9 Å². The summed E-state index contributed by atoms with van der Waals surface area (Å²) in [6, 6.07) is 0.306. The second-order valence-corrected chi connectivity index (χ2v) is 6.73. The summed E-state index contributed by atoms with van der Waals surface area (Å²) in [7, 11) is 0. The van der Waals surface area contributed by atoms with E-state index in [2.05, 4.69) is 17.2 Å². The van der Waals surface area contributed by atoms with Gasteiger partial charge in [-0.15, -0.1) is 0 Å². The number of nitrogens with one attached hydrogen (secondary N) is 2. The second-order valence-electron chi connectivity index (χ2n) is 6.73. The SMILES string of the molecule is C=C1CC[C@@H]([C@@H]2CCC(=O)N2)O1.O=C1CCC(C2CCC(=O)O2)N1. The Kier molecular flexibility index (Phi) is 5.06. The van der Waals surface area contributed by atoms with Gasteiger partial charge < -0.3 is 20.1 Å². The van der Waals surface area contributed by atoms with Gasteiger partial charge in [-0.1, -0.05) is 6.58 Å². The van der Waals surface area contributed by atoms with Crippen LogP contribution >= 0.6 is 0 Å². The van der Waals surface area contributed by atoms with Crippen LogP contribution in [0.5, 0.6) is 0 Å². The van der Waals surface area contributed by atoms with Crippen LogP contribution in [0.4, 0.5) is 0 Å². The minimum atomic E-state index is -0.138. The quantitative estimate of drug-likeness (QED) is 0.732. The lowest BCUT2D eigenvalue weighted by molar-refractivity contribution is -0.142. The molecule has 0 spiro atoms. The standard InChI is InChI=1S/C9H13NO2.C8H11NO3/c1-6-2-4-8(12-6)7-3-5-9(11)10-7;10-7-3-1-5(9-7)6-2-4-8(11)12-6/h7-8H,1-5H2,(H,10,11);5-6H,1-4H2,(H,9,10)/t7-,8-;/m0./s1. The lowest BCUT2D eigenvalue weighted by Crippen LogP contribution is -2.36. The van der Waals surface area contributed by atoms with Crippen molar-refractivity contribution in [3.63, 3.8) is 0 Å². The summed E-state index contributed by atoms with van der Waals surface area (Å²) < 4.78 is 10.5. The highest BCUT2D eigenvalue weighted by molar-refractivity contribution is 5.79. The van der Waals surface area contributed by atoms with Crippen molar-refractivity contribution in [3.8, 4) is 0 Å². The van der Waals surface area contributed by atoms with Crippen LogP contribution in [-0.4, -0.2) is 42.1 Å². The van der Waals surface area contributed by atoms with Gasteiger partial charge in [0.15, 0.2) is 0 Å². The highest BCUT2D eigenvalue weighted by Crippen LogP contribution is 2.27. The topological polar surface area (TPSA) is 93.7 Å². The van der Waals surface area contributed by atoms with Gasteiger partial charge in [0, 0.05) is 25.7 Å². The molecular formula is C17H24N2O5. The summed E-state index contributed by atoms with van der Waals surface area (Å²) in [5.74, 6) is 0.950. The minimum Gasteiger partial charge on any atom is -0.493 e. The Balaban J connectivity index is 0.000000141. The van der Waals surface area contributed by atoms with Crippen molar-refractivity contribution in [2.75, 3.05) is 0 Å². The number of carbonyl (C=O) groups excluding carboxylic acids is 3. The molecule has 4 rings (SSSR count). The van der Waals surface area contributed by atoms with E-state index in [1.54, 1.807) is 0 Å². The Hall–Kier alpha value is -2.05. The van der Waals surface area contributed by atoms with Crippen molar-refractivity contribution < 1.29 is 23.9 Å². The van der Waals surface area contributed by atoms with Crippen molar-refractivity contribution >= 4 is 17.8 Å². The lowest BCUT2D eigenvalue weighted by atomic mass is 10.1.